The SMILES string of the molecule is C=CCC(O)C1CCCC(N)C1. The highest BCUT2D eigenvalue weighted by Crippen LogP contribution is 2.27. The molecule has 2 heteroatoms. The molecule has 12 heavy (non-hydrogen) atoms. The molecular formula is C10H19NO. The van der Waals surface area contributed by atoms with E-state index in [0.29, 0.717) is 18.4 Å². The predicted octanol–water partition coefficient (Wildman–Crippen LogP) is 1.44. The zero-order valence-corrected chi connectivity index (χ0v) is 7.58. The summed E-state index contributed by atoms with van der Waals surface area (Å²) in [5.74, 6) is 0.409. The summed E-state index contributed by atoms with van der Waals surface area (Å²) in [4.78, 5) is 0. The molecule has 0 heterocycles. The Morgan fingerprint density at radius 3 is 2.92 bits per heavy atom. The van der Waals surface area contributed by atoms with Crippen LogP contribution >= 0.6 is 0 Å². The highest BCUT2D eigenvalue weighted by Gasteiger charge is 2.24. The summed E-state index contributed by atoms with van der Waals surface area (Å²) in [6.45, 7) is 3.62. The molecule has 1 aliphatic rings. The molecule has 0 aromatic heterocycles. The molecule has 3 unspecified atom stereocenters. The maximum Gasteiger partial charge on any atom is 0.0603 e. The molecule has 0 saturated heterocycles. The van der Waals surface area contributed by atoms with Gasteiger partial charge in [-0.3, -0.25) is 0 Å². The molecule has 0 amide bonds. The van der Waals surface area contributed by atoms with E-state index in [4.69, 9.17) is 5.73 Å². The molecule has 1 rings (SSSR count). The Bertz CT molecular complexity index is 147. The van der Waals surface area contributed by atoms with Crippen LogP contribution in [0.4, 0.5) is 0 Å². The first kappa shape index (κ1) is 9.75. The van der Waals surface area contributed by atoms with Gasteiger partial charge < -0.3 is 10.8 Å². The Kier molecular flexibility index (Phi) is 3.76. The molecule has 0 bridgehead atoms. The Morgan fingerprint density at radius 2 is 2.33 bits per heavy atom. The largest absolute Gasteiger partial charge is 0.393 e. The first-order valence-electron chi connectivity index (χ1n) is 4.78. The van der Waals surface area contributed by atoms with E-state index in [-0.39, 0.29) is 6.10 Å². The van der Waals surface area contributed by atoms with Crippen molar-refractivity contribution in [2.75, 3.05) is 0 Å². The Labute approximate surface area is 74.5 Å². The van der Waals surface area contributed by atoms with E-state index < -0.39 is 0 Å². The van der Waals surface area contributed by atoms with Crippen molar-refractivity contribution in [1.29, 1.82) is 0 Å². The minimum Gasteiger partial charge on any atom is -0.393 e. The normalized spacial score (nSPS) is 32.8. The van der Waals surface area contributed by atoms with E-state index in [0.717, 1.165) is 19.3 Å². The van der Waals surface area contributed by atoms with Gasteiger partial charge in [0.2, 0.25) is 0 Å². The van der Waals surface area contributed by atoms with E-state index >= 15 is 0 Å². The van der Waals surface area contributed by atoms with Gasteiger partial charge in [-0.2, -0.15) is 0 Å². The van der Waals surface area contributed by atoms with Crippen LogP contribution in [0.25, 0.3) is 0 Å². The number of hydrogen-bond donors (Lipinski definition) is 2. The number of aliphatic hydroxyl groups excluding tert-OH is 1. The molecular weight excluding hydrogens is 150 g/mol. The molecule has 0 aromatic rings. The summed E-state index contributed by atoms with van der Waals surface area (Å²) in [6.07, 6.45) is 6.67. The van der Waals surface area contributed by atoms with Crippen molar-refractivity contribution >= 4 is 0 Å². The fraction of sp³-hybridized carbons (Fsp3) is 0.800. The van der Waals surface area contributed by atoms with Crippen LogP contribution in [0.5, 0.6) is 0 Å². The van der Waals surface area contributed by atoms with Crippen molar-refractivity contribution in [2.45, 2.75) is 44.2 Å². The maximum atomic E-state index is 9.66. The van der Waals surface area contributed by atoms with Gasteiger partial charge in [0.15, 0.2) is 0 Å². The Balaban J connectivity index is 2.34. The lowest BCUT2D eigenvalue weighted by molar-refractivity contribution is 0.0823. The van der Waals surface area contributed by atoms with E-state index in [1.54, 1.807) is 6.08 Å². The molecule has 70 valence electrons. The van der Waals surface area contributed by atoms with Gasteiger partial charge in [0.1, 0.15) is 0 Å². The second-order valence-corrected chi connectivity index (χ2v) is 3.78. The smallest absolute Gasteiger partial charge is 0.0603 e. The molecule has 3 atom stereocenters. The first-order valence-corrected chi connectivity index (χ1v) is 4.78. The average molecular weight is 169 g/mol. The van der Waals surface area contributed by atoms with Gasteiger partial charge in [-0.1, -0.05) is 12.5 Å². The Hall–Kier alpha value is -0.340. The van der Waals surface area contributed by atoms with Crippen LogP contribution < -0.4 is 5.73 Å². The molecule has 1 saturated carbocycles. The zero-order valence-electron chi connectivity index (χ0n) is 7.58. The van der Waals surface area contributed by atoms with Gasteiger partial charge in [-0.25, -0.2) is 0 Å². The third-order valence-corrected chi connectivity index (χ3v) is 2.71. The number of rotatable bonds is 3. The summed E-state index contributed by atoms with van der Waals surface area (Å²) in [5, 5.41) is 9.66. The fourth-order valence-corrected chi connectivity index (χ4v) is 1.98. The van der Waals surface area contributed by atoms with E-state index in [9.17, 15) is 5.11 Å². The highest BCUT2D eigenvalue weighted by molar-refractivity contribution is 4.83. The van der Waals surface area contributed by atoms with Crippen molar-refractivity contribution in [3.8, 4) is 0 Å². The molecule has 2 nitrogen and oxygen atoms in total. The summed E-state index contributed by atoms with van der Waals surface area (Å²) in [7, 11) is 0. The molecule has 0 aliphatic heterocycles. The summed E-state index contributed by atoms with van der Waals surface area (Å²) in [6, 6.07) is 0.309. The van der Waals surface area contributed by atoms with Crippen LogP contribution in [-0.2, 0) is 0 Å². The van der Waals surface area contributed by atoms with Gasteiger partial charge >= 0.3 is 0 Å². The quantitative estimate of drug-likeness (QED) is 0.628. The fourth-order valence-electron chi connectivity index (χ4n) is 1.98. The monoisotopic (exact) mass is 169 g/mol. The molecule has 3 N–H and O–H groups in total. The third kappa shape index (κ3) is 2.61. The van der Waals surface area contributed by atoms with Crippen LogP contribution in [0, 0.1) is 5.92 Å². The Morgan fingerprint density at radius 1 is 1.58 bits per heavy atom. The molecule has 0 spiro atoms. The van der Waals surface area contributed by atoms with Crippen molar-refractivity contribution in [1.82, 2.24) is 0 Å². The summed E-state index contributed by atoms with van der Waals surface area (Å²) >= 11 is 0. The summed E-state index contributed by atoms with van der Waals surface area (Å²) in [5.41, 5.74) is 5.82. The topological polar surface area (TPSA) is 46.2 Å². The molecule has 0 aromatic carbocycles. The van der Waals surface area contributed by atoms with Gasteiger partial charge in [0.25, 0.3) is 0 Å². The number of aliphatic hydroxyl groups is 1. The van der Waals surface area contributed by atoms with Crippen molar-refractivity contribution in [2.24, 2.45) is 11.7 Å². The standard InChI is InChI=1S/C10H19NO/c1-2-4-10(12)8-5-3-6-9(11)7-8/h2,8-10,12H,1,3-7,11H2. The highest BCUT2D eigenvalue weighted by atomic mass is 16.3. The maximum absolute atomic E-state index is 9.66. The van der Waals surface area contributed by atoms with E-state index in [2.05, 4.69) is 6.58 Å². The molecule has 0 radical (unpaired) electrons. The van der Waals surface area contributed by atoms with E-state index in [1.165, 1.54) is 6.42 Å². The first-order chi connectivity index (χ1) is 5.74. The minimum atomic E-state index is -0.214. The zero-order chi connectivity index (χ0) is 8.97. The van der Waals surface area contributed by atoms with Gasteiger partial charge in [-0.15, -0.1) is 6.58 Å². The second kappa shape index (κ2) is 4.63. The second-order valence-electron chi connectivity index (χ2n) is 3.78. The van der Waals surface area contributed by atoms with Crippen LogP contribution in [0.3, 0.4) is 0 Å². The van der Waals surface area contributed by atoms with Crippen molar-refractivity contribution in [3.63, 3.8) is 0 Å². The van der Waals surface area contributed by atoms with Crippen LogP contribution in [-0.4, -0.2) is 17.3 Å². The minimum absolute atomic E-state index is 0.214. The predicted molar refractivity (Wildman–Crippen MR) is 50.8 cm³/mol. The van der Waals surface area contributed by atoms with Crippen LogP contribution in [0.2, 0.25) is 0 Å². The summed E-state index contributed by atoms with van der Waals surface area (Å²) < 4.78 is 0. The molecule has 1 fully saturated rings. The van der Waals surface area contributed by atoms with Gasteiger partial charge in [0.05, 0.1) is 6.10 Å². The number of nitrogens with two attached hydrogens (primary N) is 1. The number of hydrogen-bond acceptors (Lipinski definition) is 2. The van der Waals surface area contributed by atoms with Gasteiger partial charge in [0, 0.05) is 6.04 Å². The van der Waals surface area contributed by atoms with Gasteiger partial charge in [-0.05, 0) is 31.6 Å². The van der Waals surface area contributed by atoms with E-state index in [1.807, 2.05) is 0 Å². The van der Waals surface area contributed by atoms with Crippen LogP contribution in [0.15, 0.2) is 12.7 Å². The lowest BCUT2D eigenvalue weighted by atomic mass is 9.82. The average Bonchev–Trinajstić information content (AvgIpc) is 2.05. The lowest BCUT2D eigenvalue weighted by Crippen LogP contribution is -2.33. The lowest BCUT2D eigenvalue weighted by Gasteiger charge is -2.29. The third-order valence-electron chi connectivity index (χ3n) is 2.71. The van der Waals surface area contributed by atoms with Crippen molar-refractivity contribution in [3.05, 3.63) is 12.7 Å². The van der Waals surface area contributed by atoms with Crippen molar-refractivity contribution < 1.29 is 5.11 Å². The van der Waals surface area contributed by atoms with Crippen LogP contribution in [0.1, 0.15) is 32.1 Å². The molecule has 1 aliphatic carbocycles.